The summed E-state index contributed by atoms with van der Waals surface area (Å²) in [6.07, 6.45) is 3.28. The third kappa shape index (κ3) is 3.07. The topological polar surface area (TPSA) is 77.8 Å². The van der Waals surface area contributed by atoms with Gasteiger partial charge < -0.3 is 10.3 Å². The van der Waals surface area contributed by atoms with Gasteiger partial charge in [-0.3, -0.25) is 0 Å². The standard InChI is InChI=1S/C16H15FN4OS.ClH/c17-11-5-2-1-4-10(11)8-13-19-12(9-23-13)14-20-15(21-22-14)16(18)6-3-7-16;/h1-2,4-5,9H,3,6-8,18H2;1H. The normalized spacial score (nSPS) is 15.6. The molecule has 126 valence electrons. The van der Waals surface area contributed by atoms with Gasteiger partial charge in [0.05, 0.1) is 10.5 Å². The van der Waals surface area contributed by atoms with Crippen molar-refractivity contribution in [1.29, 1.82) is 0 Å². The van der Waals surface area contributed by atoms with Crippen LogP contribution in [0.5, 0.6) is 0 Å². The van der Waals surface area contributed by atoms with Gasteiger partial charge in [0.25, 0.3) is 5.89 Å². The highest BCUT2D eigenvalue weighted by atomic mass is 35.5. The van der Waals surface area contributed by atoms with Crippen LogP contribution in [0.15, 0.2) is 34.2 Å². The van der Waals surface area contributed by atoms with E-state index in [0.29, 0.717) is 29.4 Å². The molecule has 1 aliphatic carbocycles. The Kier molecular flexibility index (Phi) is 4.67. The van der Waals surface area contributed by atoms with Crippen LogP contribution >= 0.6 is 23.7 Å². The summed E-state index contributed by atoms with van der Waals surface area (Å²) in [7, 11) is 0. The molecule has 0 atom stereocenters. The first-order chi connectivity index (χ1) is 11.1. The maximum Gasteiger partial charge on any atom is 0.277 e. The quantitative estimate of drug-likeness (QED) is 0.762. The van der Waals surface area contributed by atoms with Gasteiger partial charge in [-0.15, -0.1) is 23.7 Å². The van der Waals surface area contributed by atoms with Crippen LogP contribution < -0.4 is 5.73 Å². The summed E-state index contributed by atoms with van der Waals surface area (Å²) in [6, 6.07) is 6.70. The predicted octanol–water partition coefficient (Wildman–Crippen LogP) is 3.68. The van der Waals surface area contributed by atoms with Gasteiger partial charge in [0.2, 0.25) is 0 Å². The van der Waals surface area contributed by atoms with Crippen LogP contribution in [0.25, 0.3) is 11.6 Å². The molecule has 2 aromatic heterocycles. The second kappa shape index (κ2) is 6.58. The lowest BCUT2D eigenvalue weighted by atomic mass is 9.77. The summed E-state index contributed by atoms with van der Waals surface area (Å²) < 4.78 is 19.0. The molecule has 1 fully saturated rings. The lowest BCUT2D eigenvalue weighted by molar-refractivity contribution is 0.229. The monoisotopic (exact) mass is 366 g/mol. The van der Waals surface area contributed by atoms with E-state index in [2.05, 4.69) is 15.1 Å². The van der Waals surface area contributed by atoms with Crippen LogP contribution in [0.2, 0.25) is 0 Å². The molecular formula is C16H16ClFN4OS. The van der Waals surface area contributed by atoms with E-state index in [1.165, 1.54) is 17.4 Å². The Morgan fingerprint density at radius 2 is 2.04 bits per heavy atom. The lowest BCUT2D eigenvalue weighted by Crippen LogP contribution is -2.44. The Morgan fingerprint density at radius 3 is 2.75 bits per heavy atom. The fourth-order valence-corrected chi connectivity index (χ4v) is 3.40. The van der Waals surface area contributed by atoms with Crippen molar-refractivity contribution >= 4 is 23.7 Å². The van der Waals surface area contributed by atoms with Crippen molar-refractivity contribution < 1.29 is 8.91 Å². The molecule has 3 aromatic rings. The molecule has 0 spiro atoms. The summed E-state index contributed by atoms with van der Waals surface area (Å²) in [5, 5.41) is 6.63. The zero-order valence-corrected chi connectivity index (χ0v) is 14.4. The molecule has 0 unspecified atom stereocenters. The van der Waals surface area contributed by atoms with E-state index in [4.69, 9.17) is 10.3 Å². The van der Waals surface area contributed by atoms with Crippen molar-refractivity contribution in [2.75, 3.05) is 0 Å². The molecule has 1 saturated carbocycles. The second-order valence-electron chi connectivity index (χ2n) is 5.83. The Hall–Kier alpha value is -1.83. The van der Waals surface area contributed by atoms with Crippen molar-refractivity contribution in [3.63, 3.8) is 0 Å². The molecule has 1 aromatic carbocycles. The highest BCUT2D eigenvalue weighted by Crippen LogP contribution is 2.37. The molecule has 0 bridgehead atoms. The summed E-state index contributed by atoms with van der Waals surface area (Å²) in [5.74, 6) is 0.689. The van der Waals surface area contributed by atoms with Crippen LogP contribution in [0, 0.1) is 5.82 Å². The summed E-state index contributed by atoms with van der Waals surface area (Å²) >= 11 is 1.45. The fourth-order valence-electron chi connectivity index (χ4n) is 2.61. The molecule has 0 aliphatic heterocycles. The molecule has 0 radical (unpaired) electrons. The minimum atomic E-state index is -0.451. The first-order valence-electron chi connectivity index (χ1n) is 7.45. The minimum absolute atomic E-state index is 0. The number of benzene rings is 1. The van der Waals surface area contributed by atoms with E-state index >= 15 is 0 Å². The van der Waals surface area contributed by atoms with Crippen molar-refractivity contribution in [3.05, 3.63) is 51.9 Å². The Morgan fingerprint density at radius 1 is 1.25 bits per heavy atom. The van der Waals surface area contributed by atoms with Gasteiger partial charge >= 0.3 is 0 Å². The van der Waals surface area contributed by atoms with Gasteiger partial charge in [-0.05, 0) is 30.9 Å². The first-order valence-corrected chi connectivity index (χ1v) is 8.33. The minimum Gasteiger partial charge on any atom is -0.332 e. The molecule has 2 N–H and O–H groups in total. The number of hydrogen-bond acceptors (Lipinski definition) is 6. The van der Waals surface area contributed by atoms with Crippen LogP contribution in [0.4, 0.5) is 4.39 Å². The number of rotatable bonds is 4. The zero-order chi connectivity index (χ0) is 15.9. The highest BCUT2D eigenvalue weighted by Gasteiger charge is 2.39. The number of thiazole rings is 1. The Balaban J connectivity index is 0.00000169. The highest BCUT2D eigenvalue weighted by molar-refractivity contribution is 7.10. The van der Waals surface area contributed by atoms with Crippen LogP contribution in [-0.2, 0) is 12.0 Å². The van der Waals surface area contributed by atoms with Crippen molar-refractivity contribution in [2.24, 2.45) is 5.73 Å². The number of nitrogens with two attached hydrogens (primary N) is 1. The first kappa shape index (κ1) is 17.0. The van der Waals surface area contributed by atoms with Gasteiger partial charge in [0, 0.05) is 11.8 Å². The van der Waals surface area contributed by atoms with Crippen molar-refractivity contribution in [2.45, 2.75) is 31.2 Å². The third-order valence-electron chi connectivity index (χ3n) is 4.19. The predicted molar refractivity (Wildman–Crippen MR) is 91.6 cm³/mol. The average Bonchev–Trinajstić information content (AvgIpc) is 3.16. The average molecular weight is 367 g/mol. The largest absolute Gasteiger partial charge is 0.332 e. The van der Waals surface area contributed by atoms with Gasteiger partial charge in [0.15, 0.2) is 5.82 Å². The number of hydrogen-bond donors (Lipinski definition) is 1. The molecular weight excluding hydrogens is 351 g/mol. The molecule has 0 amide bonds. The number of halogens is 2. The van der Waals surface area contributed by atoms with E-state index in [0.717, 1.165) is 24.3 Å². The van der Waals surface area contributed by atoms with E-state index in [-0.39, 0.29) is 18.2 Å². The smallest absolute Gasteiger partial charge is 0.277 e. The van der Waals surface area contributed by atoms with Crippen LogP contribution in [0.1, 0.15) is 35.7 Å². The van der Waals surface area contributed by atoms with E-state index in [1.807, 2.05) is 11.4 Å². The van der Waals surface area contributed by atoms with E-state index in [1.54, 1.807) is 12.1 Å². The van der Waals surface area contributed by atoms with Gasteiger partial charge in [-0.1, -0.05) is 23.4 Å². The molecule has 4 rings (SSSR count). The maximum absolute atomic E-state index is 13.7. The SMILES string of the molecule is Cl.NC1(c2noc(-c3csc(Cc4ccccc4F)n3)n2)CCC1. The summed E-state index contributed by atoms with van der Waals surface area (Å²) in [5.41, 5.74) is 6.98. The second-order valence-corrected chi connectivity index (χ2v) is 6.77. The number of aromatic nitrogens is 3. The van der Waals surface area contributed by atoms with E-state index in [9.17, 15) is 4.39 Å². The summed E-state index contributed by atoms with van der Waals surface area (Å²) in [4.78, 5) is 8.85. The Labute approximate surface area is 148 Å². The third-order valence-corrected chi connectivity index (χ3v) is 5.04. The number of nitrogens with zero attached hydrogens (tertiary/aromatic N) is 3. The zero-order valence-electron chi connectivity index (χ0n) is 12.7. The van der Waals surface area contributed by atoms with Crippen LogP contribution in [-0.4, -0.2) is 15.1 Å². The molecule has 24 heavy (non-hydrogen) atoms. The van der Waals surface area contributed by atoms with Crippen molar-refractivity contribution in [1.82, 2.24) is 15.1 Å². The van der Waals surface area contributed by atoms with Crippen molar-refractivity contribution in [3.8, 4) is 11.6 Å². The van der Waals surface area contributed by atoms with Crippen LogP contribution in [0.3, 0.4) is 0 Å². The fraction of sp³-hybridized carbons (Fsp3) is 0.312. The molecule has 1 aliphatic rings. The molecule has 5 nitrogen and oxygen atoms in total. The van der Waals surface area contributed by atoms with Gasteiger partial charge in [-0.25, -0.2) is 9.37 Å². The van der Waals surface area contributed by atoms with Gasteiger partial charge in [0.1, 0.15) is 11.5 Å². The molecule has 0 saturated heterocycles. The molecule has 2 heterocycles. The lowest BCUT2D eigenvalue weighted by Gasteiger charge is -2.34. The Bertz CT molecular complexity index is 846. The maximum atomic E-state index is 13.7. The summed E-state index contributed by atoms with van der Waals surface area (Å²) in [6.45, 7) is 0. The van der Waals surface area contributed by atoms with Gasteiger partial charge in [-0.2, -0.15) is 4.98 Å². The van der Waals surface area contributed by atoms with E-state index < -0.39 is 5.54 Å². The molecule has 8 heteroatoms.